The molecule has 428 valence electrons. The van der Waals surface area contributed by atoms with Gasteiger partial charge in [-0.3, -0.25) is 14.4 Å². The number of unbranched alkanes of at least 4 members (excludes halogenated alkanes) is 35. The second-order valence-corrected chi connectivity index (χ2v) is 21.3. The average Bonchev–Trinajstić information content (AvgIpc) is 3.40. The zero-order valence-electron chi connectivity index (χ0n) is 49.1. The largest absolute Gasteiger partial charge is 0.462 e. The lowest BCUT2D eigenvalue weighted by molar-refractivity contribution is -0.167. The molecule has 0 bridgehead atoms. The summed E-state index contributed by atoms with van der Waals surface area (Å²) in [4.78, 5) is 38.2. The Bertz CT molecular complexity index is 1370. The van der Waals surface area contributed by atoms with Crippen LogP contribution in [0.25, 0.3) is 0 Å². The van der Waals surface area contributed by atoms with E-state index in [4.69, 9.17) is 14.2 Å². The molecule has 6 heteroatoms. The van der Waals surface area contributed by atoms with Gasteiger partial charge in [0.25, 0.3) is 0 Å². The van der Waals surface area contributed by atoms with Crippen molar-refractivity contribution in [2.75, 3.05) is 13.2 Å². The highest BCUT2D eigenvalue weighted by atomic mass is 16.6. The molecule has 0 aliphatic heterocycles. The van der Waals surface area contributed by atoms with Crippen molar-refractivity contribution in [3.05, 3.63) is 72.9 Å². The Morgan fingerprint density at radius 3 is 0.865 bits per heavy atom. The van der Waals surface area contributed by atoms with Gasteiger partial charge in [0.2, 0.25) is 0 Å². The molecular formula is C68H120O6. The Labute approximate surface area is 459 Å². The third-order valence-electron chi connectivity index (χ3n) is 13.9. The highest BCUT2D eigenvalue weighted by Gasteiger charge is 2.19. The van der Waals surface area contributed by atoms with Gasteiger partial charge in [-0.2, -0.15) is 0 Å². The predicted molar refractivity (Wildman–Crippen MR) is 321 cm³/mol. The van der Waals surface area contributed by atoms with Crippen molar-refractivity contribution in [3.8, 4) is 0 Å². The van der Waals surface area contributed by atoms with E-state index >= 15 is 0 Å². The Morgan fingerprint density at radius 2 is 0.527 bits per heavy atom. The van der Waals surface area contributed by atoms with Crippen LogP contribution in [0.3, 0.4) is 0 Å². The number of carbonyl (C=O) groups is 3. The highest BCUT2D eigenvalue weighted by Crippen LogP contribution is 2.17. The van der Waals surface area contributed by atoms with E-state index in [1.165, 1.54) is 186 Å². The number of esters is 3. The summed E-state index contributed by atoms with van der Waals surface area (Å²) in [5.74, 6) is -0.868. The second kappa shape index (κ2) is 62.4. The number of ether oxygens (including phenoxy) is 3. The van der Waals surface area contributed by atoms with Crippen LogP contribution in [0.1, 0.15) is 323 Å². The molecule has 1 unspecified atom stereocenters. The van der Waals surface area contributed by atoms with E-state index in [2.05, 4.69) is 93.7 Å². The first kappa shape index (κ1) is 70.8. The van der Waals surface area contributed by atoms with Gasteiger partial charge in [-0.1, -0.05) is 286 Å². The summed E-state index contributed by atoms with van der Waals surface area (Å²) in [6, 6.07) is 0. The molecule has 0 spiro atoms. The van der Waals surface area contributed by atoms with Crippen molar-refractivity contribution in [2.45, 2.75) is 329 Å². The van der Waals surface area contributed by atoms with Crippen LogP contribution in [-0.2, 0) is 28.6 Å². The lowest BCUT2D eigenvalue weighted by Crippen LogP contribution is -2.30. The molecule has 0 aromatic rings. The zero-order valence-corrected chi connectivity index (χ0v) is 49.1. The monoisotopic (exact) mass is 1030 g/mol. The molecule has 0 fully saturated rings. The normalized spacial score (nSPS) is 12.5. The minimum absolute atomic E-state index is 0.0735. The number of allylic oxidation sites excluding steroid dienone is 12. The van der Waals surface area contributed by atoms with E-state index in [-0.39, 0.29) is 31.1 Å². The van der Waals surface area contributed by atoms with E-state index in [1.54, 1.807) is 0 Å². The van der Waals surface area contributed by atoms with Crippen LogP contribution in [0.2, 0.25) is 0 Å². The molecule has 0 aliphatic carbocycles. The maximum Gasteiger partial charge on any atom is 0.306 e. The van der Waals surface area contributed by atoms with Gasteiger partial charge >= 0.3 is 17.9 Å². The molecule has 0 radical (unpaired) electrons. The molecule has 6 nitrogen and oxygen atoms in total. The van der Waals surface area contributed by atoms with Crippen LogP contribution in [-0.4, -0.2) is 37.2 Å². The van der Waals surface area contributed by atoms with E-state index in [0.717, 1.165) is 96.3 Å². The number of hydrogen-bond donors (Lipinski definition) is 0. The molecule has 0 aliphatic rings. The standard InChI is InChI=1S/C68H120O6/c1-4-7-10-13-16-19-22-25-26-27-28-29-30-31-32-33-34-35-36-37-38-39-40-41-42-44-46-49-52-55-58-61-67(70)73-64-65(63-72-66(69)60-57-54-51-48-45-24-21-18-15-12-9-6-3)74-68(71)62-59-56-53-50-47-43-23-20-17-14-11-8-5-2/h7,10,16,18-19,21,25-26,28-29,31-32,65H,4-6,8-9,11-15,17,20,22-24,27,30,33-64H2,1-3H3/b10-7-,19-16-,21-18-,26-25-,29-28-,32-31-. The number of hydrogen-bond acceptors (Lipinski definition) is 6. The minimum atomic E-state index is -0.774. The lowest BCUT2D eigenvalue weighted by Gasteiger charge is -2.18. The fraction of sp³-hybridized carbons (Fsp3) is 0.779. The van der Waals surface area contributed by atoms with Crippen LogP contribution >= 0.6 is 0 Å². The van der Waals surface area contributed by atoms with Gasteiger partial charge in [0.1, 0.15) is 13.2 Å². The molecule has 0 amide bonds. The van der Waals surface area contributed by atoms with Gasteiger partial charge in [-0.05, 0) is 89.9 Å². The first-order chi connectivity index (χ1) is 36.5. The van der Waals surface area contributed by atoms with Gasteiger partial charge < -0.3 is 14.2 Å². The topological polar surface area (TPSA) is 78.9 Å². The summed E-state index contributed by atoms with van der Waals surface area (Å²) >= 11 is 0. The smallest absolute Gasteiger partial charge is 0.306 e. The first-order valence-corrected chi connectivity index (χ1v) is 31.9. The summed E-state index contributed by atoms with van der Waals surface area (Å²) in [6.45, 7) is 6.53. The molecule has 0 rings (SSSR count). The average molecular weight is 1030 g/mol. The summed E-state index contributed by atoms with van der Waals surface area (Å²) < 4.78 is 16.9. The van der Waals surface area contributed by atoms with Crippen LogP contribution in [0.4, 0.5) is 0 Å². The lowest BCUT2D eigenvalue weighted by atomic mass is 10.0. The van der Waals surface area contributed by atoms with Crippen molar-refractivity contribution < 1.29 is 28.6 Å². The highest BCUT2D eigenvalue weighted by molar-refractivity contribution is 5.71. The van der Waals surface area contributed by atoms with Gasteiger partial charge in [-0.15, -0.1) is 0 Å². The molecule has 74 heavy (non-hydrogen) atoms. The van der Waals surface area contributed by atoms with Crippen molar-refractivity contribution in [2.24, 2.45) is 0 Å². The third-order valence-corrected chi connectivity index (χ3v) is 13.9. The molecule has 1 atom stereocenters. The fourth-order valence-corrected chi connectivity index (χ4v) is 9.17. The molecule has 0 N–H and O–H groups in total. The summed E-state index contributed by atoms with van der Waals surface area (Å²) in [5.41, 5.74) is 0. The van der Waals surface area contributed by atoms with Gasteiger partial charge in [0.05, 0.1) is 0 Å². The van der Waals surface area contributed by atoms with Crippen LogP contribution in [0, 0.1) is 0 Å². The van der Waals surface area contributed by atoms with Gasteiger partial charge in [0, 0.05) is 19.3 Å². The maximum absolute atomic E-state index is 12.8. The van der Waals surface area contributed by atoms with Crippen molar-refractivity contribution in [1.29, 1.82) is 0 Å². The van der Waals surface area contributed by atoms with Crippen LogP contribution < -0.4 is 0 Å². The predicted octanol–water partition coefficient (Wildman–Crippen LogP) is 21.7. The Morgan fingerprint density at radius 1 is 0.284 bits per heavy atom. The Balaban J connectivity index is 4.13. The first-order valence-electron chi connectivity index (χ1n) is 31.9. The minimum Gasteiger partial charge on any atom is -0.462 e. The van der Waals surface area contributed by atoms with Crippen LogP contribution in [0.15, 0.2) is 72.9 Å². The van der Waals surface area contributed by atoms with Crippen molar-refractivity contribution in [1.82, 2.24) is 0 Å². The molecular weight excluding hydrogens is 913 g/mol. The van der Waals surface area contributed by atoms with E-state index < -0.39 is 6.10 Å². The molecule has 0 saturated carbocycles. The second-order valence-electron chi connectivity index (χ2n) is 21.3. The molecule has 0 heterocycles. The zero-order chi connectivity index (χ0) is 53.6. The quantitative estimate of drug-likeness (QED) is 0.0261. The SMILES string of the molecule is CC/C=C\C/C=C\C/C=C\C/C=C\C/C=C\CCCCCCCCCCCCCCCCCC(=O)OCC(COC(=O)CCCCCCC/C=C\CCCCC)OC(=O)CCCCCCCCCCCCCCC. The number of carbonyl (C=O) groups excluding carboxylic acids is 3. The molecule has 0 saturated heterocycles. The summed E-state index contributed by atoms with van der Waals surface area (Å²) in [6.07, 6.45) is 80.6. The Hall–Kier alpha value is -3.15. The van der Waals surface area contributed by atoms with Crippen LogP contribution in [0.5, 0.6) is 0 Å². The number of rotatable bonds is 58. The van der Waals surface area contributed by atoms with E-state index in [9.17, 15) is 14.4 Å². The molecule has 0 aromatic heterocycles. The van der Waals surface area contributed by atoms with Gasteiger partial charge in [-0.25, -0.2) is 0 Å². The van der Waals surface area contributed by atoms with E-state index in [1.807, 2.05) is 0 Å². The molecule has 0 aromatic carbocycles. The Kier molecular flexibility index (Phi) is 59.7. The summed E-state index contributed by atoms with van der Waals surface area (Å²) in [5, 5.41) is 0. The summed E-state index contributed by atoms with van der Waals surface area (Å²) in [7, 11) is 0. The van der Waals surface area contributed by atoms with Gasteiger partial charge in [0.15, 0.2) is 6.10 Å². The van der Waals surface area contributed by atoms with E-state index in [0.29, 0.717) is 19.3 Å². The maximum atomic E-state index is 12.8. The van der Waals surface area contributed by atoms with Crippen molar-refractivity contribution >= 4 is 17.9 Å². The third kappa shape index (κ3) is 59.7. The fourth-order valence-electron chi connectivity index (χ4n) is 9.17. The van der Waals surface area contributed by atoms with Crippen molar-refractivity contribution in [3.63, 3.8) is 0 Å².